The Balaban J connectivity index is 2.44. The molecule has 0 aliphatic heterocycles. The maximum atomic E-state index is 10.8. The number of carboxylic acid groups (broad SMARTS) is 1. The Hall–Kier alpha value is -2.22. The molecule has 0 radical (unpaired) electrons. The molecule has 8 heteroatoms. The third-order valence-corrected chi connectivity index (χ3v) is 2.84. The van der Waals surface area contributed by atoms with Crippen LogP contribution in [-0.4, -0.2) is 25.8 Å². The fraction of sp³-hybridized carbons (Fsp3) is 0. The van der Waals surface area contributed by atoms with E-state index in [9.17, 15) is 14.9 Å². The van der Waals surface area contributed by atoms with Crippen LogP contribution in [0.25, 0.3) is 5.69 Å². The van der Waals surface area contributed by atoms with Crippen molar-refractivity contribution in [1.82, 2.24) is 9.78 Å². The van der Waals surface area contributed by atoms with Crippen molar-refractivity contribution < 1.29 is 14.8 Å². The first kappa shape index (κ1) is 12.2. The standard InChI is InChI=1S/C10H6BrN3O4/c11-7-5-6(10(15)16)1-2-8(7)13-4-3-9(12-13)14(17)18/h1-5H,(H,15,16). The average molecular weight is 312 g/mol. The van der Waals surface area contributed by atoms with Crippen molar-refractivity contribution in [3.05, 3.63) is 50.6 Å². The highest BCUT2D eigenvalue weighted by Gasteiger charge is 2.15. The van der Waals surface area contributed by atoms with Gasteiger partial charge in [0.05, 0.1) is 22.9 Å². The van der Waals surface area contributed by atoms with Crippen molar-refractivity contribution in [2.24, 2.45) is 0 Å². The zero-order valence-electron chi connectivity index (χ0n) is 8.78. The van der Waals surface area contributed by atoms with E-state index >= 15 is 0 Å². The van der Waals surface area contributed by atoms with Crippen LogP contribution in [0.15, 0.2) is 34.9 Å². The van der Waals surface area contributed by atoms with E-state index in [1.54, 1.807) is 0 Å². The summed E-state index contributed by atoms with van der Waals surface area (Å²) < 4.78 is 1.79. The molecule has 92 valence electrons. The lowest BCUT2D eigenvalue weighted by Gasteiger charge is -2.02. The molecule has 0 fully saturated rings. The van der Waals surface area contributed by atoms with Crippen LogP contribution in [0.5, 0.6) is 0 Å². The van der Waals surface area contributed by atoms with Crippen molar-refractivity contribution in [2.45, 2.75) is 0 Å². The van der Waals surface area contributed by atoms with Gasteiger partial charge in [0.2, 0.25) is 0 Å². The molecule has 0 aliphatic rings. The average Bonchev–Trinajstić information content (AvgIpc) is 2.78. The van der Waals surface area contributed by atoms with Crippen LogP contribution in [0.1, 0.15) is 10.4 Å². The van der Waals surface area contributed by atoms with Crippen molar-refractivity contribution >= 4 is 27.7 Å². The van der Waals surface area contributed by atoms with Gasteiger partial charge < -0.3 is 15.2 Å². The highest BCUT2D eigenvalue weighted by Crippen LogP contribution is 2.23. The highest BCUT2D eigenvalue weighted by molar-refractivity contribution is 9.10. The molecule has 1 heterocycles. The number of aromatic nitrogens is 2. The second kappa shape index (κ2) is 4.57. The van der Waals surface area contributed by atoms with E-state index in [0.29, 0.717) is 10.2 Å². The van der Waals surface area contributed by atoms with Gasteiger partial charge in [0.15, 0.2) is 0 Å². The highest BCUT2D eigenvalue weighted by atomic mass is 79.9. The van der Waals surface area contributed by atoms with Crippen LogP contribution in [-0.2, 0) is 0 Å². The number of aromatic carboxylic acids is 1. The minimum Gasteiger partial charge on any atom is -0.478 e. The Labute approximate surface area is 109 Å². The molecule has 0 aliphatic carbocycles. The van der Waals surface area contributed by atoms with Gasteiger partial charge in [-0.05, 0) is 39.1 Å². The molecule has 0 amide bonds. The van der Waals surface area contributed by atoms with Crippen LogP contribution in [0.4, 0.5) is 5.82 Å². The first-order chi connectivity index (χ1) is 8.49. The second-order valence-electron chi connectivity index (χ2n) is 3.35. The lowest BCUT2D eigenvalue weighted by atomic mass is 10.2. The number of nitrogens with zero attached hydrogens (tertiary/aromatic N) is 3. The molecule has 1 aromatic heterocycles. The molecular formula is C10H6BrN3O4. The molecule has 1 N–H and O–H groups in total. The van der Waals surface area contributed by atoms with E-state index in [4.69, 9.17) is 5.11 Å². The predicted octanol–water partition coefficient (Wildman–Crippen LogP) is 2.24. The molecule has 0 spiro atoms. The molecule has 0 saturated carbocycles. The number of carboxylic acids is 1. The summed E-state index contributed by atoms with van der Waals surface area (Å²) in [6.45, 7) is 0. The fourth-order valence-electron chi connectivity index (χ4n) is 1.37. The zero-order chi connectivity index (χ0) is 13.3. The third-order valence-electron chi connectivity index (χ3n) is 2.20. The number of halogens is 1. The van der Waals surface area contributed by atoms with Gasteiger partial charge in [0, 0.05) is 4.47 Å². The SMILES string of the molecule is O=C(O)c1ccc(-n2ccc([N+](=O)[O-])n2)c(Br)c1. The van der Waals surface area contributed by atoms with Gasteiger partial charge >= 0.3 is 11.8 Å². The quantitative estimate of drug-likeness (QED) is 0.692. The van der Waals surface area contributed by atoms with E-state index in [1.165, 1.54) is 35.1 Å². The van der Waals surface area contributed by atoms with Gasteiger partial charge in [-0.3, -0.25) is 0 Å². The molecule has 2 aromatic rings. The summed E-state index contributed by atoms with van der Waals surface area (Å²) in [5, 5.41) is 23.1. The molecule has 1 aromatic carbocycles. The van der Waals surface area contributed by atoms with E-state index in [2.05, 4.69) is 21.0 Å². The summed E-state index contributed by atoms with van der Waals surface area (Å²) >= 11 is 3.20. The molecule has 2 rings (SSSR count). The Morgan fingerprint density at radius 1 is 1.44 bits per heavy atom. The zero-order valence-corrected chi connectivity index (χ0v) is 10.4. The number of rotatable bonds is 3. The summed E-state index contributed by atoms with van der Waals surface area (Å²) in [4.78, 5) is 20.7. The first-order valence-electron chi connectivity index (χ1n) is 4.72. The maximum Gasteiger partial charge on any atom is 0.390 e. The summed E-state index contributed by atoms with van der Waals surface area (Å²) in [5.41, 5.74) is 0.639. The van der Waals surface area contributed by atoms with E-state index < -0.39 is 10.9 Å². The lowest BCUT2D eigenvalue weighted by Crippen LogP contribution is -2.01. The van der Waals surface area contributed by atoms with E-state index in [0.717, 1.165) is 0 Å². The third kappa shape index (κ3) is 2.23. The molecule has 7 nitrogen and oxygen atoms in total. The fourth-order valence-corrected chi connectivity index (χ4v) is 1.93. The van der Waals surface area contributed by atoms with Crippen LogP contribution in [0.2, 0.25) is 0 Å². The lowest BCUT2D eigenvalue weighted by molar-refractivity contribution is -0.389. The molecule has 0 bridgehead atoms. The topological polar surface area (TPSA) is 98.3 Å². The van der Waals surface area contributed by atoms with Gasteiger partial charge in [-0.15, -0.1) is 4.68 Å². The number of hydrogen-bond donors (Lipinski definition) is 1. The van der Waals surface area contributed by atoms with Gasteiger partial charge in [0.1, 0.15) is 5.69 Å². The Bertz CT molecular complexity index is 638. The summed E-state index contributed by atoms with van der Waals surface area (Å²) in [6, 6.07) is 5.59. The Kier molecular flexibility index (Phi) is 3.11. The molecular weight excluding hydrogens is 306 g/mol. The summed E-state index contributed by atoms with van der Waals surface area (Å²) in [7, 11) is 0. The Morgan fingerprint density at radius 3 is 2.67 bits per heavy atom. The number of hydrogen-bond acceptors (Lipinski definition) is 4. The van der Waals surface area contributed by atoms with E-state index in [1.807, 2.05) is 0 Å². The van der Waals surface area contributed by atoms with Gasteiger partial charge in [-0.1, -0.05) is 0 Å². The van der Waals surface area contributed by atoms with Gasteiger partial charge in [-0.25, -0.2) is 4.79 Å². The maximum absolute atomic E-state index is 10.8. The van der Waals surface area contributed by atoms with Crippen LogP contribution in [0, 0.1) is 10.1 Å². The van der Waals surface area contributed by atoms with Crippen molar-refractivity contribution in [3.63, 3.8) is 0 Å². The smallest absolute Gasteiger partial charge is 0.390 e. The van der Waals surface area contributed by atoms with E-state index in [-0.39, 0.29) is 11.4 Å². The minimum atomic E-state index is -1.05. The van der Waals surface area contributed by atoms with Crippen molar-refractivity contribution in [3.8, 4) is 5.69 Å². The van der Waals surface area contributed by atoms with Crippen molar-refractivity contribution in [1.29, 1.82) is 0 Å². The van der Waals surface area contributed by atoms with Crippen molar-refractivity contribution in [2.75, 3.05) is 0 Å². The van der Waals surface area contributed by atoms with Crippen LogP contribution in [0.3, 0.4) is 0 Å². The summed E-state index contributed by atoms with van der Waals surface area (Å²) in [6.07, 6.45) is 1.43. The number of nitro groups is 1. The molecule has 0 saturated heterocycles. The van der Waals surface area contributed by atoms with Gasteiger partial charge in [-0.2, -0.15) is 0 Å². The number of carbonyl (C=O) groups is 1. The van der Waals surface area contributed by atoms with Crippen LogP contribution < -0.4 is 0 Å². The first-order valence-corrected chi connectivity index (χ1v) is 5.51. The second-order valence-corrected chi connectivity index (χ2v) is 4.20. The summed E-state index contributed by atoms with van der Waals surface area (Å²) in [5.74, 6) is -1.32. The predicted molar refractivity (Wildman–Crippen MR) is 64.9 cm³/mol. The minimum absolute atomic E-state index is 0.118. The Morgan fingerprint density at radius 2 is 2.17 bits per heavy atom. The molecule has 0 atom stereocenters. The van der Waals surface area contributed by atoms with Crippen LogP contribution >= 0.6 is 15.9 Å². The number of benzene rings is 1. The monoisotopic (exact) mass is 311 g/mol. The normalized spacial score (nSPS) is 10.3. The largest absolute Gasteiger partial charge is 0.478 e. The van der Waals surface area contributed by atoms with Gasteiger partial charge in [0.25, 0.3) is 0 Å². The molecule has 0 unspecified atom stereocenters. The molecule has 18 heavy (non-hydrogen) atoms.